The molecule has 1 fully saturated rings. The lowest BCUT2D eigenvalue weighted by molar-refractivity contribution is -0.175. The number of aryl methyl sites for hydroxylation is 1. The number of hydrogen-bond acceptors (Lipinski definition) is 11. The summed E-state index contributed by atoms with van der Waals surface area (Å²) in [4.78, 5) is 84.8. The van der Waals surface area contributed by atoms with Gasteiger partial charge < -0.3 is 24.1 Å². The standard InChI is InChI=1S/C72H103N3O11/c1-4-6-8-10-12-14-16-18-20-22-24-26-28-30-41-49-67(78)83-56-64(57-84-68(79)50-42-31-29-27-25-23-21-19-17-15-13-11-9-7-5-2)86-70(81)59(52-66(76)77)51-63-54-74(55-65(85-63)75-53-58(3)69(80)73-71(75)82)72(60-43-35-32-36-44-60,61-45-37-33-38-46-61)62-47-39-34-40-48-62/h18-21,32-40,43-48,53,59,63-65H,4-17,22-31,41-42,49-52,54-57H2,1-3H3,(H,76,77)(H,73,80,82)/b20-18-,21-19-/t59?,63-,65+/m0/s1. The molecule has 1 aliphatic rings. The minimum Gasteiger partial charge on any atom is -0.481 e. The van der Waals surface area contributed by atoms with E-state index < -0.39 is 84.7 Å². The molecule has 14 nitrogen and oxygen atoms in total. The van der Waals surface area contributed by atoms with Gasteiger partial charge in [0.2, 0.25) is 0 Å². The number of allylic oxidation sites excluding steroid dienone is 4. The summed E-state index contributed by atoms with van der Waals surface area (Å²) >= 11 is 0. The number of ether oxygens (including phenoxy) is 4. The van der Waals surface area contributed by atoms with Gasteiger partial charge in [0.1, 0.15) is 13.2 Å². The Hall–Kier alpha value is -6.38. The fraction of sp³-hybridized carbons (Fsp3) is 0.583. The Morgan fingerprint density at radius 1 is 0.593 bits per heavy atom. The first-order valence-electron chi connectivity index (χ1n) is 32.9. The number of nitrogens with one attached hydrogen (secondary N) is 1. The third kappa shape index (κ3) is 25.5. The topological polar surface area (TPSA) is 184 Å². The highest BCUT2D eigenvalue weighted by Gasteiger charge is 2.47. The van der Waals surface area contributed by atoms with Crippen molar-refractivity contribution in [1.29, 1.82) is 0 Å². The van der Waals surface area contributed by atoms with Gasteiger partial charge in [-0.05, 0) is 94.2 Å². The lowest BCUT2D eigenvalue weighted by Gasteiger charge is -2.51. The third-order valence-corrected chi connectivity index (χ3v) is 16.4. The molecule has 2 heterocycles. The molecule has 2 N–H and O–H groups in total. The van der Waals surface area contributed by atoms with Crippen LogP contribution in [0.25, 0.3) is 0 Å². The van der Waals surface area contributed by atoms with Gasteiger partial charge >= 0.3 is 29.6 Å². The second-order valence-electron chi connectivity index (χ2n) is 23.5. The van der Waals surface area contributed by atoms with E-state index in [2.05, 4.69) is 48.0 Å². The molecule has 3 atom stereocenters. The summed E-state index contributed by atoms with van der Waals surface area (Å²) in [7, 11) is 0. The molecule has 0 saturated carbocycles. The molecule has 5 rings (SSSR count). The number of benzene rings is 3. The molecule has 3 aromatic carbocycles. The summed E-state index contributed by atoms with van der Waals surface area (Å²) < 4.78 is 25.6. The molecular formula is C72H103N3O11. The molecule has 0 spiro atoms. The largest absolute Gasteiger partial charge is 0.481 e. The van der Waals surface area contributed by atoms with E-state index in [1.807, 2.05) is 91.0 Å². The Kier molecular flexibility index (Phi) is 34.1. The summed E-state index contributed by atoms with van der Waals surface area (Å²) in [5.74, 6) is -4.40. The van der Waals surface area contributed by atoms with Crippen molar-refractivity contribution in [2.45, 2.75) is 237 Å². The number of carbonyl (C=O) groups is 4. The Morgan fingerprint density at radius 3 is 1.42 bits per heavy atom. The summed E-state index contributed by atoms with van der Waals surface area (Å²) in [6, 6.07) is 29.8. The summed E-state index contributed by atoms with van der Waals surface area (Å²) in [5.41, 5.74) is 0.755. The van der Waals surface area contributed by atoms with E-state index in [0.717, 1.165) is 93.7 Å². The monoisotopic (exact) mass is 1190 g/mol. The molecule has 1 unspecified atom stereocenters. The van der Waals surface area contributed by atoms with Crippen molar-refractivity contribution >= 4 is 23.9 Å². The maximum Gasteiger partial charge on any atom is 0.330 e. The van der Waals surface area contributed by atoms with Crippen molar-refractivity contribution in [2.24, 2.45) is 5.92 Å². The number of carboxylic acids is 1. The summed E-state index contributed by atoms with van der Waals surface area (Å²) in [5, 5.41) is 10.4. The van der Waals surface area contributed by atoms with Crippen LogP contribution < -0.4 is 11.2 Å². The van der Waals surface area contributed by atoms with Crippen molar-refractivity contribution < 1.29 is 43.2 Å². The number of morpholine rings is 1. The van der Waals surface area contributed by atoms with Gasteiger partial charge in [0.05, 0.1) is 24.0 Å². The van der Waals surface area contributed by atoms with Crippen LogP contribution in [-0.4, -0.2) is 81.9 Å². The fourth-order valence-corrected chi connectivity index (χ4v) is 11.6. The molecule has 86 heavy (non-hydrogen) atoms. The van der Waals surface area contributed by atoms with Crippen LogP contribution in [-0.2, 0) is 43.7 Å². The summed E-state index contributed by atoms with van der Waals surface area (Å²) in [6.07, 6.45) is 36.3. The first kappa shape index (κ1) is 70.4. The highest BCUT2D eigenvalue weighted by molar-refractivity contribution is 5.79. The normalized spacial score (nSPS) is 15.1. The number of aliphatic carboxylic acids is 1. The molecule has 14 heteroatoms. The average Bonchev–Trinajstić information content (AvgIpc) is 0.765. The summed E-state index contributed by atoms with van der Waals surface area (Å²) in [6.45, 7) is 5.57. The van der Waals surface area contributed by atoms with Crippen LogP contribution in [0.1, 0.15) is 235 Å². The van der Waals surface area contributed by atoms with Gasteiger partial charge in [0.15, 0.2) is 12.3 Å². The zero-order valence-electron chi connectivity index (χ0n) is 52.3. The number of hydrogen-bond donors (Lipinski definition) is 2. The van der Waals surface area contributed by atoms with E-state index in [1.54, 1.807) is 6.92 Å². The molecular weight excluding hydrogens is 1080 g/mol. The molecule has 0 radical (unpaired) electrons. The highest BCUT2D eigenvalue weighted by Crippen LogP contribution is 2.45. The second-order valence-corrected chi connectivity index (χ2v) is 23.5. The zero-order chi connectivity index (χ0) is 61.5. The Labute approximate surface area is 513 Å². The molecule has 472 valence electrons. The van der Waals surface area contributed by atoms with Gasteiger partial charge in [-0.2, -0.15) is 0 Å². The Morgan fingerprint density at radius 2 is 1.00 bits per heavy atom. The number of H-pyrrole nitrogens is 1. The van der Waals surface area contributed by atoms with E-state index in [0.29, 0.717) is 12.8 Å². The van der Waals surface area contributed by atoms with Gasteiger partial charge in [-0.1, -0.05) is 232 Å². The van der Waals surface area contributed by atoms with Gasteiger partial charge in [-0.3, -0.25) is 38.4 Å². The number of esters is 3. The van der Waals surface area contributed by atoms with Crippen LogP contribution in [0.2, 0.25) is 0 Å². The van der Waals surface area contributed by atoms with Crippen molar-refractivity contribution in [3.05, 3.63) is 165 Å². The highest BCUT2D eigenvalue weighted by atomic mass is 16.6. The molecule has 0 bridgehead atoms. The smallest absolute Gasteiger partial charge is 0.330 e. The average molecular weight is 1190 g/mol. The van der Waals surface area contributed by atoms with Crippen LogP contribution in [0, 0.1) is 12.8 Å². The number of rotatable bonds is 45. The lowest BCUT2D eigenvalue weighted by atomic mass is 9.75. The van der Waals surface area contributed by atoms with Gasteiger partial charge in [-0.25, -0.2) is 4.79 Å². The SMILES string of the molecule is CCCCCCCC/C=C\CCCCCCCC(=O)OCC(COC(=O)CCCCCCC/C=C\CCCCCCCC)OC(=O)C(CC(=O)O)C[C@H]1CN(C(c2ccccc2)(c2ccccc2)c2ccccc2)C[C@H](n2cc(C)c(=O)[nH]c2=O)O1. The molecule has 1 aliphatic heterocycles. The van der Waals surface area contributed by atoms with E-state index in [4.69, 9.17) is 18.9 Å². The Bertz CT molecular complexity index is 2550. The minimum absolute atomic E-state index is 0.126. The number of aromatic amines is 1. The van der Waals surface area contributed by atoms with Crippen molar-refractivity contribution in [1.82, 2.24) is 14.5 Å². The van der Waals surface area contributed by atoms with E-state index in [9.17, 15) is 33.9 Å². The van der Waals surface area contributed by atoms with E-state index >= 15 is 0 Å². The number of aromatic nitrogens is 2. The van der Waals surface area contributed by atoms with Crippen LogP contribution in [0.15, 0.2) is 131 Å². The van der Waals surface area contributed by atoms with Crippen LogP contribution in [0.3, 0.4) is 0 Å². The van der Waals surface area contributed by atoms with Gasteiger partial charge in [0.25, 0.3) is 5.56 Å². The zero-order valence-corrected chi connectivity index (χ0v) is 52.3. The number of carbonyl (C=O) groups excluding carboxylic acids is 3. The first-order valence-corrected chi connectivity index (χ1v) is 32.9. The predicted octanol–water partition coefficient (Wildman–Crippen LogP) is 15.6. The molecule has 0 amide bonds. The quantitative estimate of drug-likeness (QED) is 0.0141. The van der Waals surface area contributed by atoms with E-state index in [-0.39, 0.29) is 37.9 Å². The maximum atomic E-state index is 14.6. The number of carboxylic acid groups (broad SMARTS) is 1. The number of unbranched alkanes of at least 4 members (excludes halogenated alkanes) is 22. The number of nitrogens with zero attached hydrogens (tertiary/aromatic N) is 2. The Balaban J connectivity index is 1.27. The van der Waals surface area contributed by atoms with Gasteiger partial charge in [0, 0.05) is 37.7 Å². The van der Waals surface area contributed by atoms with Gasteiger partial charge in [-0.15, -0.1) is 0 Å². The minimum atomic E-state index is -1.30. The first-order chi connectivity index (χ1) is 42.0. The van der Waals surface area contributed by atoms with E-state index in [1.165, 1.54) is 87.8 Å². The fourth-order valence-electron chi connectivity index (χ4n) is 11.6. The van der Waals surface area contributed by atoms with Crippen molar-refractivity contribution in [3.8, 4) is 0 Å². The van der Waals surface area contributed by atoms with Crippen LogP contribution >= 0.6 is 0 Å². The maximum absolute atomic E-state index is 14.6. The van der Waals surface area contributed by atoms with Crippen LogP contribution in [0.5, 0.6) is 0 Å². The second kappa shape index (κ2) is 41.7. The van der Waals surface area contributed by atoms with Crippen molar-refractivity contribution in [2.75, 3.05) is 26.3 Å². The van der Waals surface area contributed by atoms with Crippen molar-refractivity contribution in [3.63, 3.8) is 0 Å². The lowest BCUT2D eigenvalue weighted by Crippen LogP contribution is -2.58. The molecule has 1 saturated heterocycles. The predicted molar refractivity (Wildman–Crippen MR) is 342 cm³/mol. The van der Waals surface area contributed by atoms with Crippen LogP contribution in [0.4, 0.5) is 0 Å². The molecule has 4 aromatic rings. The molecule has 0 aliphatic carbocycles. The molecule has 1 aromatic heterocycles. The third-order valence-electron chi connectivity index (χ3n) is 16.4.